The van der Waals surface area contributed by atoms with E-state index in [-0.39, 0.29) is 30.9 Å². The van der Waals surface area contributed by atoms with Crippen LogP contribution in [0.15, 0.2) is 55.1 Å². The van der Waals surface area contributed by atoms with Crippen LogP contribution in [-0.4, -0.2) is 50.7 Å². The Bertz CT molecular complexity index is 854. The minimum absolute atomic E-state index is 0. The smallest absolute Gasteiger partial charge is 0.140 e. The Balaban J connectivity index is 0.00000140. The predicted octanol–water partition coefficient (Wildman–Crippen LogP) is 2.84. The van der Waals surface area contributed by atoms with E-state index in [1.807, 2.05) is 42.9 Å². The van der Waals surface area contributed by atoms with Crippen molar-refractivity contribution in [2.45, 2.75) is 12.6 Å². The predicted molar refractivity (Wildman–Crippen MR) is 114 cm³/mol. The van der Waals surface area contributed by atoms with E-state index in [0.717, 1.165) is 49.9 Å². The van der Waals surface area contributed by atoms with Crippen LogP contribution in [0.2, 0.25) is 0 Å². The summed E-state index contributed by atoms with van der Waals surface area (Å²) in [7, 11) is 0. The fourth-order valence-electron chi connectivity index (χ4n) is 3.35. The number of imidazole rings is 1. The van der Waals surface area contributed by atoms with E-state index >= 15 is 0 Å². The number of anilines is 1. The van der Waals surface area contributed by atoms with E-state index in [9.17, 15) is 0 Å². The van der Waals surface area contributed by atoms with Crippen molar-refractivity contribution in [1.29, 1.82) is 0 Å². The molecule has 9 heteroatoms. The van der Waals surface area contributed by atoms with E-state index in [1.165, 1.54) is 0 Å². The maximum atomic E-state index is 5.84. The highest BCUT2D eigenvalue weighted by Crippen LogP contribution is 2.25. The number of hydrogen-bond acceptors (Lipinski definition) is 6. The molecule has 1 aliphatic rings. The van der Waals surface area contributed by atoms with Crippen molar-refractivity contribution in [2.24, 2.45) is 0 Å². The number of nitrogen functional groups attached to an aromatic ring is 1. The fraction of sp³-hybridized carbons (Fsp3) is 0.316. The van der Waals surface area contributed by atoms with E-state index in [0.29, 0.717) is 5.82 Å². The van der Waals surface area contributed by atoms with Crippen LogP contribution in [-0.2, 0) is 11.3 Å². The van der Waals surface area contributed by atoms with Gasteiger partial charge in [0.15, 0.2) is 0 Å². The summed E-state index contributed by atoms with van der Waals surface area (Å²) in [6.45, 7) is 4.05. The highest BCUT2D eigenvalue weighted by atomic mass is 35.5. The van der Waals surface area contributed by atoms with Crippen LogP contribution < -0.4 is 5.73 Å². The van der Waals surface area contributed by atoms with Gasteiger partial charge < -0.3 is 15.0 Å². The normalized spacial score (nSPS) is 15.3. The lowest BCUT2D eigenvalue weighted by Crippen LogP contribution is -2.41. The van der Waals surface area contributed by atoms with Gasteiger partial charge in [-0.15, -0.1) is 24.8 Å². The summed E-state index contributed by atoms with van der Waals surface area (Å²) in [5.74, 6) is 1.37. The molecule has 3 aromatic heterocycles. The molecule has 1 aliphatic heterocycles. The molecule has 7 nitrogen and oxygen atoms in total. The van der Waals surface area contributed by atoms with Gasteiger partial charge >= 0.3 is 0 Å². The largest absolute Gasteiger partial charge is 0.384 e. The number of nitrogens with two attached hydrogens (primary N) is 1. The molecule has 0 aromatic carbocycles. The van der Waals surface area contributed by atoms with Crippen LogP contribution in [0, 0.1) is 0 Å². The first-order valence-electron chi connectivity index (χ1n) is 8.77. The van der Waals surface area contributed by atoms with Crippen molar-refractivity contribution in [3.8, 4) is 11.4 Å². The van der Waals surface area contributed by atoms with E-state index in [4.69, 9.17) is 10.5 Å². The molecule has 0 spiro atoms. The molecule has 1 atom stereocenters. The summed E-state index contributed by atoms with van der Waals surface area (Å²) < 4.78 is 7.68. The Morgan fingerprint density at radius 2 is 1.82 bits per heavy atom. The summed E-state index contributed by atoms with van der Waals surface area (Å²) in [4.78, 5) is 15.6. The number of halogens is 2. The molecule has 1 fully saturated rings. The Morgan fingerprint density at radius 3 is 2.54 bits per heavy atom. The Kier molecular flexibility index (Phi) is 8.19. The average Bonchev–Trinajstić information content (AvgIpc) is 3.16. The molecular weight excluding hydrogens is 399 g/mol. The van der Waals surface area contributed by atoms with Gasteiger partial charge in [-0.05, 0) is 24.3 Å². The first-order chi connectivity index (χ1) is 12.8. The van der Waals surface area contributed by atoms with Crippen molar-refractivity contribution in [3.63, 3.8) is 0 Å². The van der Waals surface area contributed by atoms with Gasteiger partial charge in [0, 0.05) is 50.0 Å². The SMILES string of the molecule is Cl.Cl.Nc1cc(-c2nccn2CC(c2ccccn2)N2CCOCC2)ccn1. The van der Waals surface area contributed by atoms with E-state index < -0.39 is 0 Å². The van der Waals surface area contributed by atoms with Gasteiger partial charge in [-0.3, -0.25) is 9.88 Å². The number of aromatic nitrogens is 4. The highest BCUT2D eigenvalue weighted by Gasteiger charge is 2.25. The Morgan fingerprint density at radius 1 is 1.00 bits per heavy atom. The summed E-state index contributed by atoms with van der Waals surface area (Å²) in [5, 5.41) is 0. The van der Waals surface area contributed by atoms with Gasteiger partial charge in [-0.25, -0.2) is 9.97 Å². The van der Waals surface area contributed by atoms with Gasteiger partial charge in [0.05, 0.1) is 24.9 Å². The summed E-state index contributed by atoms with van der Waals surface area (Å²) in [6.07, 6.45) is 7.38. The van der Waals surface area contributed by atoms with Gasteiger partial charge in [-0.2, -0.15) is 0 Å². The van der Waals surface area contributed by atoms with Gasteiger partial charge in [0.2, 0.25) is 0 Å². The van der Waals surface area contributed by atoms with Gasteiger partial charge in [0.1, 0.15) is 11.6 Å². The van der Waals surface area contributed by atoms with Crippen molar-refractivity contribution < 1.29 is 4.74 Å². The second-order valence-corrected chi connectivity index (χ2v) is 6.29. The zero-order chi connectivity index (χ0) is 17.8. The number of morpholine rings is 1. The van der Waals surface area contributed by atoms with Gasteiger partial charge in [-0.1, -0.05) is 6.07 Å². The van der Waals surface area contributed by atoms with Crippen LogP contribution in [0.4, 0.5) is 5.82 Å². The average molecular weight is 423 g/mol. The molecule has 0 saturated carbocycles. The topological polar surface area (TPSA) is 82.1 Å². The third-order valence-electron chi connectivity index (χ3n) is 4.64. The highest BCUT2D eigenvalue weighted by molar-refractivity contribution is 5.85. The maximum Gasteiger partial charge on any atom is 0.140 e. The van der Waals surface area contributed by atoms with Crippen LogP contribution in [0.25, 0.3) is 11.4 Å². The molecule has 0 bridgehead atoms. The molecule has 1 unspecified atom stereocenters. The lowest BCUT2D eigenvalue weighted by atomic mass is 10.1. The monoisotopic (exact) mass is 422 g/mol. The fourth-order valence-corrected chi connectivity index (χ4v) is 3.35. The number of ether oxygens (including phenoxy) is 1. The maximum absolute atomic E-state index is 5.84. The number of hydrogen-bond donors (Lipinski definition) is 1. The summed E-state index contributed by atoms with van der Waals surface area (Å²) >= 11 is 0. The van der Waals surface area contributed by atoms with E-state index in [1.54, 1.807) is 6.20 Å². The molecule has 0 amide bonds. The van der Waals surface area contributed by atoms with Crippen LogP contribution in [0.1, 0.15) is 11.7 Å². The Labute approximate surface area is 176 Å². The molecule has 28 heavy (non-hydrogen) atoms. The van der Waals surface area contributed by atoms with Crippen LogP contribution >= 0.6 is 24.8 Å². The molecule has 0 radical (unpaired) electrons. The van der Waals surface area contributed by atoms with Crippen molar-refractivity contribution in [2.75, 3.05) is 32.0 Å². The number of nitrogens with zero attached hydrogens (tertiary/aromatic N) is 5. The molecule has 4 heterocycles. The molecule has 150 valence electrons. The number of pyridine rings is 2. The van der Waals surface area contributed by atoms with Gasteiger partial charge in [0.25, 0.3) is 0 Å². The molecule has 4 rings (SSSR count). The second kappa shape index (κ2) is 10.4. The summed E-state index contributed by atoms with van der Waals surface area (Å²) in [6, 6.07) is 10.0. The molecule has 2 N–H and O–H groups in total. The third kappa shape index (κ3) is 4.99. The Hall–Kier alpha value is -2.19. The minimum atomic E-state index is 0. The first kappa shape index (κ1) is 22.1. The van der Waals surface area contributed by atoms with Crippen LogP contribution in [0.5, 0.6) is 0 Å². The molecule has 0 aliphatic carbocycles. The first-order valence-corrected chi connectivity index (χ1v) is 8.77. The van der Waals surface area contributed by atoms with Crippen molar-refractivity contribution in [3.05, 3.63) is 60.8 Å². The van der Waals surface area contributed by atoms with Crippen LogP contribution in [0.3, 0.4) is 0 Å². The van der Waals surface area contributed by atoms with Crippen molar-refractivity contribution in [1.82, 2.24) is 24.4 Å². The van der Waals surface area contributed by atoms with E-state index in [2.05, 4.69) is 30.5 Å². The quantitative estimate of drug-likeness (QED) is 0.680. The third-order valence-corrected chi connectivity index (χ3v) is 4.64. The summed E-state index contributed by atoms with van der Waals surface area (Å²) in [5.41, 5.74) is 7.86. The molecular formula is C19H24Cl2N6O. The second-order valence-electron chi connectivity index (χ2n) is 6.29. The lowest BCUT2D eigenvalue weighted by Gasteiger charge is -2.34. The zero-order valence-corrected chi connectivity index (χ0v) is 17.0. The zero-order valence-electron chi connectivity index (χ0n) is 15.3. The molecule has 3 aromatic rings. The number of rotatable bonds is 5. The lowest BCUT2D eigenvalue weighted by molar-refractivity contribution is 0.0115. The standard InChI is InChI=1S/C19H22N6O.2ClH/c20-18-13-15(4-6-22-18)19-23-7-8-25(19)14-17(16-3-1-2-5-21-16)24-9-11-26-12-10-24;;/h1-8,13,17H,9-12,14H2,(H2,20,22);2*1H. The molecule has 1 saturated heterocycles. The minimum Gasteiger partial charge on any atom is -0.384 e. The van der Waals surface area contributed by atoms with Crippen molar-refractivity contribution >= 4 is 30.6 Å².